The number of imidazole rings is 1. The van der Waals surface area contributed by atoms with Crippen molar-refractivity contribution in [2.75, 3.05) is 25.3 Å². The average Bonchev–Trinajstić information content (AvgIpc) is 3.25. The predicted octanol–water partition coefficient (Wildman–Crippen LogP) is 0.819. The molecule has 0 bridgehead atoms. The second-order valence-corrected chi connectivity index (χ2v) is 8.93. The molecule has 4 rings (SSSR count). The van der Waals surface area contributed by atoms with Gasteiger partial charge in [0.15, 0.2) is 33.6 Å². The van der Waals surface area contributed by atoms with E-state index >= 15 is 0 Å². The highest BCUT2D eigenvalue weighted by molar-refractivity contribution is 7.99. The Morgan fingerprint density at radius 2 is 2.10 bits per heavy atom. The van der Waals surface area contributed by atoms with Crippen molar-refractivity contribution >= 4 is 38.8 Å². The number of rotatable bonds is 6. The van der Waals surface area contributed by atoms with Crippen LogP contribution < -0.4 is 19.9 Å². The van der Waals surface area contributed by atoms with E-state index in [1.807, 2.05) is 0 Å². The Hall–Kier alpha value is -3.01. The minimum absolute atomic E-state index is 0.134. The number of nitrogens with two attached hydrogens (primary N) is 1. The second-order valence-electron chi connectivity index (χ2n) is 6.09. The first-order chi connectivity index (χ1) is 13.9. The number of hydrogen-bond acceptors (Lipinski definition) is 9. The van der Waals surface area contributed by atoms with Gasteiger partial charge >= 0.3 is 0 Å². The molecule has 0 fully saturated rings. The molecule has 0 radical (unpaired) electrons. The summed E-state index contributed by atoms with van der Waals surface area (Å²) in [7, 11) is -3.33. The van der Waals surface area contributed by atoms with Crippen LogP contribution in [0.4, 0.5) is 5.82 Å². The zero-order chi connectivity index (χ0) is 20.6. The van der Waals surface area contributed by atoms with Crippen molar-refractivity contribution in [1.29, 1.82) is 0 Å². The maximum atomic E-state index is 11.4. The van der Waals surface area contributed by atoms with Crippen LogP contribution in [0.5, 0.6) is 11.5 Å². The van der Waals surface area contributed by atoms with E-state index in [9.17, 15) is 8.42 Å². The summed E-state index contributed by atoms with van der Waals surface area (Å²) >= 11 is 1.30. The molecule has 0 saturated carbocycles. The molecule has 3 aromatic rings. The number of terminal acetylenes is 1. The minimum atomic E-state index is -3.33. The van der Waals surface area contributed by atoms with Gasteiger partial charge in [-0.25, -0.2) is 28.1 Å². The molecule has 0 unspecified atom stereocenters. The topological polar surface area (TPSA) is 134 Å². The van der Waals surface area contributed by atoms with Gasteiger partial charge in [-0.1, -0.05) is 17.7 Å². The van der Waals surface area contributed by atoms with Gasteiger partial charge in [-0.15, -0.1) is 6.42 Å². The standard InChI is InChI=1S/C17H16N6O4S2/c1-3-10-6-11-12(27-9-26-11)7-13(10)28-17-22-14-15(18)19-8-20-16(14)23(17)5-4-21-29(2,24)25/h1,6-8,21H,4-5,9H2,2H3,(H2,18,19,20). The summed E-state index contributed by atoms with van der Waals surface area (Å²) in [6.45, 7) is 0.582. The smallest absolute Gasteiger partial charge is 0.231 e. The molecule has 0 spiro atoms. The lowest BCUT2D eigenvalue weighted by Gasteiger charge is -2.10. The number of fused-ring (bicyclic) bond motifs is 2. The summed E-state index contributed by atoms with van der Waals surface area (Å²) in [5, 5.41) is 0.540. The predicted molar refractivity (Wildman–Crippen MR) is 107 cm³/mol. The number of anilines is 1. The number of nitrogens with one attached hydrogen (secondary N) is 1. The van der Waals surface area contributed by atoms with Crippen LogP contribution in [-0.4, -0.2) is 47.5 Å². The van der Waals surface area contributed by atoms with Crippen LogP contribution >= 0.6 is 11.8 Å². The summed E-state index contributed by atoms with van der Waals surface area (Å²) in [4.78, 5) is 13.5. The summed E-state index contributed by atoms with van der Waals surface area (Å²) in [5.74, 6) is 4.04. The lowest BCUT2D eigenvalue weighted by molar-refractivity contribution is 0.174. The highest BCUT2D eigenvalue weighted by Crippen LogP contribution is 2.40. The van der Waals surface area contributed by atoms with E-state index in [0.29, 0.717) is 33.4 Å². The van der Waals surface area contributed by atoms with E-state index < -0.39 is 10.0 Å². The van der Waals surface area contributed by atoms with Crippen molar-refractivity contribution in [1.82, 2.24) is 24.2 Å². The maximum absolute atomic E-state index is 11.4. The van der Waals surface area contributed by atoms with Crippen molar-refractivity contribution in [3.8, 4) is 23.8 Å². The van der Waals surface area contributed by atoms with Crippen molar-refractivity contribution in [2.24, 2.45) is 0 Å². The molecule has 3 N–H and O–H groups in total. The Balaban J connectivity index is 1.74. The van der Waals surface area contributed by atoms with Crippen LogP contribution in [-0.2, 0) is 16.6 Å². The average molecular weight is 432 g/mol. The highest BCUT2D eigenvalue weighted by Gasteiger charge is 2.21. The molecule has 0 aliphatic carbocycles. The zero-order valence-electron chi connectivity index (χ0n) is 15.2. The Morgan fingerprint density at radius 1 is 1.34 bits per heavy atom. The monoisotopic (exact) mass is 432 g/mol. The van der Waals surface area contributed by atoms with E-state index in [-0.39, 0.29) is 25.7 Å². The van der Waals surface area contributed by atoms with Crippen molar-refractivity contribution in [3.05, 3.63) is 24.0 Å². The van der Waals surface area contributed by atoms with E-state index in [4.69, 9.17) is 21.6 Å². The number of benzene rings is 1. The summed E-state index contributed by atoms with van der Waals surface area (Å²) in [6.07, 6.45) is 8.09. The van der Waals surface area contributed by atoms with Gasteiger partial charge in [0, 0.05) is 29.6 Å². The first-order valence-corrected chi connectivity index (χ1v) is 11.1. The van der Waals surface area contributed by atoms with Gasteiger partial charge in [0.05, 0.1) is 6.26 Å². The van der Waals surface area contributed by atoms with Gasteiger partial charge in [0.1, 0.15) is 6.33 Å². The van der Waals surface area contributed by atoms with E-state index in [0.717, 1.165) is 11.2 Å². The van der Waals surface area contributed by atoms with Crippen LogP contribution in [0.1, 0.15) is 5.56 Å². The Morgan fingerprint density at radius 3 is 2.83 bits per heavy atom. The molecule has 10 nitrogen and oxygen atoms in total. The normalized spacial score (nSPS) is 13.0. The van der Waals surface area contributed by atoms with Crippen molar-refractivity contribution in [3.63, 3.8) is 0 Å². The lowest BCUT2D eigenvalue weighted by Crippen LogP contribution is -2.26. The minimum Gasteiger partial charge on any atom is -0.454 e. The lowest BCUT2D eigenvalue weighted by atomic mass is 10.2. The zero-order valence-corrected chi connectivity index (χ0v) is 16.9. The molecule has 0 saturated heterocycles. The van der Waals surface area contributed by atoms with Gasteiger partial charge in [-0.05, 0) is 6.07 Å². The first-order valence-electron chi connectivity index (χ1n) is 8.35. The SMILES string of the molecule is C#Cc1cc2c(cc1Sc1nc3c(N)ncnc3n1CCNS(C)(=O)=O)OCO2. The third kappa shape index (κ3) is 3.93. The molecule has 29 heavy (non-hydrogen) atoms. The van der Waals surface area contributed by atoms with Gasteiger partial charge in [-0.3, -0.25) is 0 Å². The molecule has 1 aliphatic heterocycles. The summed E-state index contributed by atoms with van der Waals surface area (Å²) in [5.41, 5.74) is 7.49. The van der Waals surface area contributed by atoms with Gasteiger partial charge in [0.25, 0.3) is 0 Å². The van der Waals surface area contributed by atoms with Crippen molar-refractivity contribution < 1.29 is 17.9 Å². The van der Waals surface area contributed by atoms with Gasteiger partial charge in [-0.2, -0.15) is 0 Å². The number of nitrogens with zero attached hydrogens (tertiary/aromatic N) is 4. The number of hydrogen-bond donors (Lipinski definition) is 2. The largest absolute Gasteiger partial charge is 0.454 e. The Bertz CT molecular complexity index is 1250. The van der Waals surface area contributed by atoms with E-state index in [1.165, 1.54) is 18.1 Å². The molecule has 12 heteroatoms. The summed E-state index contributed by atoms with van der Waals surface area (Å²) in [6, 6.07) is 3.52. The molecule has 0 atom stereocenters. The number of ether oxygens (including phenoxy) is 2. The molecule has 1 aliphatic rings. The van der Waals surface area contributed by atoms with Crippen LogP contribution in [0.15, 0.2) is 28.5 Å². The highest BCUT2D eigenvalue weighted by atomic mass is 32.2. The molecule has 1 aromatic carbocycles. The fourth-order valence-corrected chi connectivity index (χ4v) is 4.25. The molecule has 150 valence electrons. The fraction of sp³-hybridized carbons (Fsp3) is 0.235. The van der Waals surface area contributed by atoms with Crippen LogP contribution in [0, 0.1) is 12.3 Å². The Kier molecular flexibility index (Phi) is 4.95. The molecule has 3 heterocycles. The Labute approximate surface area is 170 Å². The number of aromatic nitrogens is 4. The first kappa shape index (κ1) is 19.3. The number of nitrogen functional groups attached to an aromatic ring is 1. The second kappa shape index (κ2) is 7.43. The third-order valence-corrected chi connectivity index (χ3v) is 5.84. The molecular formula is C17H16N6O4S2. The maximum Gasteiger partial charge on any atom is 0.231 e. The van der Waals surface area contributed by atoms with Gasteiger partial charge < -0.3 is 19.8 Å². The van der Waals surface area contributed by atoms with Crippen LogP contribution in [0.2, 0.25) is 0 Å². The summed E-state index contributed by atoms with van der Waals surface area (Å²) < 4.78 is 37.9. The van der Waals surface area contributed by atoms with Crippen LogP contribution in [0.3, 0.4) is 0 Å². The van der Waals surface area contributed by atoms with E-state index in [2.05, 4.69) is 25.6 Å². The van der Waals surface area contributed by atoms with E-state index in [1.54, 1.807) is 16.7 Å². The van der Waals surface area contributed by atoms with Crippen LogP contribution in [0.25, 0.3) is 11.2 Å². The quantitative estimate of drug-likeness (QED) is 0.543. The van der Waals surface area contributed by atoms with Gasteiger partial charge in [0.2, 0.25) is 16.8 Å². The third-order valence-electron chi connectivity index (χ3n) is 4.06. The molecular weight excluding hydrogens is 416 g/mol. The fourth-order valence-electron chi connectivity index (χ4n) is 2.78. The molecule has 0 amide bonds. The number of sulfonamides is 1. The molecule has 2 aromatic heterocycles. The van der Waals surface area contributed by atoms with Crippen molar-refractivity contribution in [2.45, 2.75) is 16.6 Å².